The van der Waals surface area contributed by atoms with E-state index in [0.29, 0.717) is 19.4 Å². The zero-order chi connectivity index (χ0) is 15.1. The lowest BCUT2D eigenvalue weighted by atomic mass is 10.1. The number of hydrogen-bond donors (Lipinski definition) is 0. The fourth-order valence-electron chi connectivity index (χ4n) is 2.02. The summed E-state index contributed by atoms with van der Waals surface area (Å²) in [7, 11) is 1.67. The van der Waals surface area contributed by atoms with Crippen molar-refractivity contribution in [2.75, 3.05) is 13.7 Å². The summed E-state index contributed by atoms with van der Waals surface area (Å²) < 4.78 is 10.3. The van der Waals surface area contributed by atoms with Gasteiger partial charge in [-0.3, -0.25) is 4.79 Å². The van der Waals surface area contributed by atoms with Gasteiger partial charge in [0.2, 0.25) is 0 Å². The van der Waals surface area contributed by atoms with Crippen LogP contribution in [0.1, 0.15) is 29.6 Å². The Balaban J connectivity index is 1.95. The van der Waals surface area contributed by atoms with Crippen molar-refractivity contribution < 1.29 is 14.3 Å². The summed E-state index contributed by atoms with van der Waals surface area (Å²) >= 11 is 1.61. The van der Waals surface area contributed by atoms with Crippen LogP contribution in [0.25, 0.3) is 0 Å². The van der Waals surface area contributed by atoms with Gasteiger partial charge < -0.3 is 9.47 Å². The molecule has 4 nitrogen and oxygen atoms in total. The lowest BCUT2D eigenvalue weighted by Gasteiger charge is -2.05. The third kappa shape index (κ3) is 4.56. The summed E-state index contributed by atoms with van der Waals surface area (Å²) in [6, 6.07) is 7.94. The number of nitrogens with zero attached hydrogens (tertiary/aromatic N) is 1. The summed E-state index contributed by atoms with van der Waals surface area (Å²) in [4.78, 5) is 15.9. The predicted octanol–water partition coefficient (Wildman–Crippen LogP) is 3.24. The third-order valence-electron chi connectivity index (χ3n) is 3.02. The molecule has 2 aromatic rings. The van der Waals surface area contributed by atoms with Crippen LogP contribution in [0.4, 0.5) is 0 Å². The number of thiazole rings is 1. The summed E-state index contributed by atoms with van der Waals surface area (Å²) in [5.41, 5.74) is 2.06. The van der Waals surface area contributed by atoms with Crippen molar-refractivity contribution in [3.05, 3.63) is 45.9 Å². The van der Waals surface area contributed by atoms with Crippen molar-refractivity contribution >= 4 is 17.3 Å². The highest BCUT2D eigenvalue weighted by Gasteiger charge is 2.09. The average molecular weight is 305 g/mol. The van der Waals surface area contributed by atoms with E-state index in [0.717, 1.165) is 28.4 Å². The first-order valence-electron chi connectivity index (χ1n) is 6.93. The molecular weight excluding hydrogens is 286 g/mol. The number of rotatable bonds is 7. The summed E-state index contributed by atoms with van der Waals surface area (Å²) in [5, 5.41) is 3.03. The first kappa shape index (κ1) is 15.5. The zero-order valence-corrected chi connectivity index (χ0v) is 13.1. The number of hydrogen-bond acceptors (Lipinski definition) is 5. The second kappa shape index (κ2) is 7.78. The molecule has 1 aromatic carbocycles. The molecule has 0 amide bonds. The molecule has 0 saturated heterocycles. The normalized spacial score (nSPS) is 10.4. The Morgan fingerprint density at radius 3 is 2.90 bits per heavy atom. The Hall–Kier alpha value is -1.88. The lowest BCUT2D eigenvalue weighted by molar-refractivity contribution is -0.143. The molecule has 0 radical (unpaired) electrons. The van der Waals surface area contributed by atoms with E-state index in [9.17, 15) is 4.79 Å². The SMILES string of the molecule is CCOC(=O)CCc1csc(Cc2ccccc2OC)n1. The highest BCUT2D eigenvalue weighted by Crippen LogP contribution is 2.23. The van der Waals surface area contributed by atoms with Crippen molar-refractivity contribution in [3.8, 4) is 5.75 Å². The second-order valence-corrected chi connectivity index (χ2v) is 5.47. The van der Waals surface area contributed by atoms with E-state index in [-0.39, 0.29) is 5.97 Å². The number of aryl methyl sites for hydroxylation is 1. The maximum Gasteiger partial charge on any atom is 0.306 e. The molecule has 5 heteroatoms. The molecule has 1 aromatic heterocycles. The molecule has 0 aliphatic carbocycles. The van der Waals surface area contributed by atoms with Crippen molar-refractivity contribution in [1.82, 2.24) is 4.98 Å². The molecule has 0 saturated carbocycles. The molecular formula is C16H19NO3S. The standard InChI is InChI=1S/C16H19NO3S/c1-3-20-16(18)9-8-13-11-21-15(17-13)10-12-6-4-5-7-14(12)19-2/h4-7,11H,3,8-10H2,1-2H3. The second-order valence-electron chi connectivity index (χ2n) is 4.53. The van der Waals surface area contributed by atoms with E-state index >= 15 is 0 Å². The topological polar surface area (TPSA) is 48.4 Å². The van der Waals surface area contributed by atoms with E-state index < -0.39 is 0 Å². The van der Waals surface area contributed by atoms with Crippen molar-refractivity contribution in [2.24, 2.45) is 0 Å². The highest BCUT2D eigenvalue weighted by molar-refractivity contribution is 7.09. The van der Waals surface area contributed by atoms with Gasteiger partial charge in [-0.15, -0.1) is 11.3 Å². The van der Waals surface area contributed by atoms with Gasteiger partial charge in [0.05, 0.1) is 30.8 Å². The molecule has 0 unspecified atom stereocenters. The number of methoxy groups -OCH3 is 1. The van der Waals surface area contributed by atoms with Crippen molar-refractivity contribution in [1.29, 1.82) is 0 Å². The van der Waals surface area contributed by atoms with E-state index in [1.165, 1.54) is 0 Å². The van der Waals surface area contributed by atoms with Gasteiger partial charge in [0.25, 0.3) is 0 Å². The van der Waals surface area contributed by atoms with E-state index in [1.54, 1.807) is 18.4 Å². The number of carbonyl (C=O) groups excluding carboxylic acids is 1. The molecule has 0 N–H and O–H groups in total. The third-order valence-corrected chi connectivity index (χ3v) is 3.92. The molecule has 0 fully saturated rings. The van der Waals surface area contributed by atoms with Crippen LogP contribution < -0.4 is 4.74 Å². The van der Waals surface area contributed by atoms with E-state index in [2.05, 4.69) is 4.98 Å². The summed E-state index contributed by atoms with van der Waals surface area (Å²) in [5.74, 6) is 0.706. The van der Waals surface area contributed by atoms with Gasteiger partial charge >= 0.3 is 5.97 Å². The maximum atomic E-state index is 11.3. The van der Waals surface area contributed by atoms with E-state index in [4.69, 9.17) is 9.47 Å². The number of benzene rings is 1. The molecule has 112 valence electrons. The molecule has 0 aliphatic heterocycles. The summed E-state index contributed by atoms with van der Waals surface area (Å²) in [6.07, 6.45) is 1.75. The molecule has 0 aliphatic rings. The number of carbonyl (C=O) groups is 1. The Bertz CT molecular complexity index is 595. The van der Waals surface area contributed by atoms with Crippen LogP contribution in [-0.4, -0.2) is 24.7 Å². The minimum atomic E-state index is -0.170. The number of ether oxygens (including phenoxy) is 2. The predicted molar refractivity (Wildman–Crippen MR) is 82.9 cm³/mol. The van der Waals surface area contributed by atoms with Crippen LogP contribution in [0.5, 0.6) is 5.75 Å². The Morgan fingerprint density at radius 1 is 1.33 bits per heavy atom. The van der Waals surface area contributed by atoms with Crippen molar-refractivity contribution in [3.63, 3.8) is 0 Å². The molecule has 0 atom stereocenters. The number of para-hydroxylation sites is 1. The quantitative estimate of drug-likeness (QED) is 0.737. The maximum absolute atomic E-state index is 11.3. The monoisotopic (exact) mass is 305 g/mol. The fourth-order valence-corrected chi connectivity index (χ4v) is 2.87. The minimum absolute atomic E-state index is 0.170. The first-order valence-corrected chi connectivity index (χ1v) is 7.81. The van der Waals surface area contributed by atoms with Gasteiger partial charge in [0.1, 0.15) is 5.75 Å². The molecule has 21 heavy (non-hydrogen) atoms. The molecule has 0 spiro atoms. The van der Waals surface area contributed by atoms with Gasteiger partial charge in [0.15, 0.2) is 0 Å². The van der Waals surface area contributed by atoms with Crippen LogP contribution in [0.2, 0.25) is 0 Å². The fraction of sp³-hybridized carbons (Fsp3) is 0.375. The number of aromatic nitrogens is 1. The van der Waals surface area contributed by atoms with E-state index in [1.807, 2.05) is 36.6 Å². The smallest absolute Gasteiger partial charge is 0.306 e. The van der Waals surface area contributed by atoms with Crippen LogP contribution in [0.15, 0.2) is 29.6 Å². The van der Waals surface area contributed by atoms with Gasteiger partial charge in [-0.05, 0) is 13.0 Å². The van der Waals surface area contributed by atoms with Gasteiger partial charge in [-0.25, -0.2) is 4.98 Å². The van der Waals surface area contributed by atoms with Crippen LogP contribution in [0, 0.1) is 0 Å². The minimum Gasteiger partial charge on any atom is -0.496 e. The van der Waals surface area contributed by atoms with Crippen LogP contribution >= 0.6 is 11.3 Å². The van der Waals surface area contributed by atoms with Gasteiger partial charge in [-0.1, -0.05) is 18.2 Å². The van der Waals surface area contributed by atoms with Crippen LogP contribution in [0.3, 0.4) is 0 Å². The van der Waals surface area contributed by atoms with Crippen molar-refractivity contribution in [2.45, 2.75) is 26.2 Å². The average Bonchev–Trinajstić information content (AvgIpc) is 2.94. The highest BCUT2D eigenvalue weighted by atomic mass is 32.1. The summed E-state index contributed by atoms with van der Waals surface area (Å²) in [6.45, 7) is 2.24. The van der Waals surface area contributed by atoms with Gasteiger partial charge in [0, 0.05) is 23.8 Å². The molecule has 0 bridgehead atoms. The Kier molecular flexibility index (Phi) is 5.75. The van der Waals surface area contributed by atoms with Crippen LogP contribution in [-0.2, 0) is 22.4 Å². The molecule has 1 heterocycles. The van der Waals surface area contributed by atoms with Gasteiger partial charge in [-0.2, -0.15) is 0 Å². The number of esters is 1. The lowest BCUT2D eigenvalue weighted by Crippen LogP contribution is -2.05. The molecule has 2 rings (SSSR count). The Morgan fingerprint density at radius 2 is 2.14 bits per heavy atom. The first-order chi connectivity index (χ1) is 10.2. The zero-order valence-electron chi connectivity index (χ0n) is 12.3. The Labute approximate surface area is 128 Å². The largest absolute Gasteiger partial charge is 0.496 e.